The fraction of sp³-hybridized carbons (Fsp3) is 0.316. The van der Waals surface area contributed by atoms with Gasteiger partial charge in [-0.2, -0.15) is 5.10 Å². The van der Waals surface area contributed by atoms with Gasteiger partial charge in [0.2, 0.25) is 5.95 Å². The summed E-state index contributed by atoms with van der Waals surface area (Å²) in [5, 5.41) is 15.8. The van der Waals surface area contributed by atoms with Crippen molar-refractivity contribution in [2.75, 3.05) is 18.6 Å². The molecule has 0 aliphatic carbocycles. The van der Waals surface area contributed by atoms with Crippen LogP contribution in [0.1, 0.15) is 12.7 Å². The average molecular weight is 396 g/mol. The Morgan fingerprint density at radius 1 is 1.21 bits per heavy atom. The van der Waals surface area contributed by atoms with Crippen molar-refractivity contribution in [1.29, 1.82) is 0 Å². The molecule has 0 aliphatic rings. The minimum Gasteiger partial charge on any atom is -0.375 e. The number of fused-ring (bicyclic) bond motifs is 1. The first kappa shape index (κ1) is 18.9. The summed E-state index contributed by atoms with van der Waals surface area (Å²) in [7, 11) is 1.84. The van der Waals surface area contributed by atoms with Crippen LogP contribution in [-0.2, 0) is 18.2 Å². The summed E-state index contributed by atoms with van der Waals surface area (Å²) in [5.41, 5.74) is 2.36. The second-order valence-corrected chi connectivity index (χ2v) is 6.56. The Labute approximate surface area is 166 Å². The number of rotatable bonds is 8. The molecule has 4 heterocycles. The number of pyridine rings is 1. The molecule has 10 heteroatoms. The van der Waals surface area contributed by atoms with E-state index in [4.69, 9.17) is 4.74 Å². The van der Waals surface area contributed by atoms with E-state index < -0.39 is 6.67 Å². The Bertz CT molecular complexity index is 1110. The molecule has 0 fully saturated rings. The van der Waals surface area contributed by atoms with Gasteiger partial charge >= 0.3 is 0 Å². The van der Waals surface area contributed by atoms with Crippen molar-refractivity contribution in [1.82, 2.24) is 34.3 Å². The van der Waals surface area contributed by atoms with Crippen LogP contribution in [0, 0.1) is 0 Å². The largest absolute Gasteiger partial charge is 0.375 e. The molecule has 0 aliphatic heterocycles. The number of hydrogen-bond donors (Lipinski definition) is 1. The van der Waals surface area contributed by atoms with Gasteiger partial charge in [0, 0.05) is 37.5 Å². The normalized spacial score (nSPS) is 12.4. The minimum absolute atomic E-state index is 0.0882. The van der Waals surface area contributed by atoms with Crippen LogP contribution >= 0.6 is 0 Å². The van der Waals surface area contributed by atoms with Gasteiger partial charge in [0.25, 0.3) is 0 Å². The molecule has 0 saturated carbocycles. The summed E-state index contributed by atoms with van der Waals surface area (Å²) in [4.78, 5) is 8.85. The van der Waals surface area contributed by atoms with Crippen molar-refractivity contribution in [2.45, 2.75) is 19.4 Å². The molecular formula is C19H21FN8O. The molecule has 0 amide bonds. The van der Waals surface area contributed by atoms with Gasteiger partial charge in [0.1, 0.15) is 18.3 Å². The second kappa shape index (κ2) is 8.31. The Morgan fingerprint density at radius 3 is 2.90 bits per heavy atom. The third-order valence-corrected chi connectivity index (χ3v) is 4.44. The molecule has 0 bridgehead atoms. The SMILES string of the molecule is CC(Cc1nnc2cc(-c3ccnc(Nc4ccnn4C)n3)ccn12)OCCF. The van der Waals surface area contributed by atoms with Crippen molar-refractivity contribution in [3.8, 4) is 11.3 Å². The maximum atomic E-state index is 12.3. The molecule has 0 saturated heterocycles. The van der Waals surface area contributed by atoms with E-state index in [1.54, 1.807) is 17.1 Å². The Balaban J connectivity index is 1.55. The predicted octanol–water partition coefficient (Wildman–Crippen LogP) is 2.58. The van der Waals surface area contributed by atoms with Crippen LogP contribution in [0.25, 0.3) is 16.9 Å². The van der Waals surface area contributed by atoms with E-state index in [1.807, 2.05) is 48.8 Å². The quantitative estimate of drug-likeness (QED) is 0.489. The molecule has 4 rings (SSSR count). The number of aryl methyl sites for hydroxylation is 1. The van der Waals surface area contributed by atoms with Gasteiger partial charge in [0.15, 0.2) is 5.65 Å². The first-order valence-corrected chi connectivity index (χ1v) is 9.23. The monoisotopic (exact) mass is 396 g/mol. The van der Waals surface area contributed by atoms with E-state index in [9.17, 15) is 4.39 Å². The van der Waals surface area contributed by atoms with Gasteiger partial charge in [-0.05, 0) is 25.1 Å². The highest BCUT2D eigenvalue weighted by Crippen LogP contribution is 2.21. The minimum atomic E-state index is -0.495. The van der Waals surface area contributed by atoms with Crippen molar-refractivity contribution < 1.29 is 9.13 Å². The molecule has 4 aromatic rings. The smallest absolute Gasteiger partial charge is 0.228 e. The average Bonchev–Trinajstić information content (AvgIpc) is 3.32. The molecule has 0 radical (unpaired) electrons. The fourth-order valence-electron chi connectivity index (χ4n) is 2.99. The van der Waals surface area contributed by atoms with Crippen LogP contribution in [0.4, 0.5) is 16.2 Å². The Morgan fingerprint density at radius 2 is 2.10 bits per heavy atom. The lowest BCUT2D eigenvalue weighted by Crippen LogP contribution is -2.15. The van der Waals surface area contributed by atoms with Crippen molar-refractivity contribution >= 4 is 17.4 Å². The third kappa shape index (κ3) is 4.21. The number of alkyl halides is 1. The molecule has 150 valence electrons. The zero-order chi connectivity index (χ0) is 20.2. The van der Waals surface area contributed by atoms with E-state index >= 15 is 0 Å². The summed E-state index contributed by atoms with van der Waals surface area (Å²) in [6.45, 7) is 1.48. The molecule has 29 heavy (non-hydrogen) atoms. The van der Waals surface area contributed by atoms with Gasteiger partial charge < -0.3 is 10.1 Å². The van der Waals surface area contributed by atoms with Crippen LogP contribution in [0.15, 0.2) is 42.9 Å². The summed E-state index contributed by atoms with van der Waals surface area (Å²) >= 11 is 0. The van der Waals surface area contributed by atoms with Crippen molar-refractivity contribution in [3.63, 3.8) is 0 Å². The lowest BCUT2D eigenvalue weighted by Gasteiger charge is -2.10. The fourth-order valence-corrected chi connectivity index (χ4v) is 2.99. The zero-order valence-corrected chi connectivity index (χ0v) is 16.2. The molecular weight excluding hydrogens is 375 g/mol. The Hall–Kier alpha value is -3.40. The number of nitrogens with zero attached hydrogens (tertiary/aromatic N) is 7. The number of hydrogen-bond acceptors (Lipinski definition) is 7. The summed E-state index contributed by atoms with van der Waals surface area (Å²) < 4.78 is 21.3. The van der Waals surface area contributed by atoms with E-state index in [0.717, 1.165) is 22.9 Å². The second-order valence-electron chi connectivity index (χ2n) is 6.56. The van der Waals surface area contributed by atoms with Gasteiger partial charge in [-0.15, -0.1) is 10.2 Å². The molecule has 9 nitrogen and oxygen atoms in total. The van der Waals surface area contributed by atoms with Gasteiger partial charge in [-0.25, -0.2) is 14.4 Å². The highest BCUT2D eigenvalue weighted by Gasteiger charge is 2.12. The highest BCUT2D eigenvalue weighted by atomic mass is 19.1. The third-order valence-electron chi connectivity index (χ3n) is 4.44. The number of ether oxygens (including phenoxy) is 1. The van der Waals surface area contributed by atoms with E-state index in [2.05, 4.69) is 30.6 Å². The van der Waals surface area contributed by atoms with Crippen molar-refractivity contribution in [2.24, 2.45) is 7.05 Å². The maximum absolute atomic E-state index is 12.3. The van der Waals surface area contributed by atoms with Gasteiger partial charge in [-0.3, -0.25) is 9.08 Å². The summed E-state index contributed by atoms with van der Waals surface area (Å²) in [6.07, 6.45) is 5.71. The number of aromatic nitrogens is 7. The molecule has 1 N–H and O–H groups in total. The molecule has 4 aromatic heterocycles. The van der Waals surface area contributed by atoms with Gasteiger partial charge in [0.05, 0.1) is 24.6 Å². The van der Waals surface area contributed by atoms with E-state index in [0.29, 0.717) is 18.0 Å². The molecule has 0 aromatic carbocycles. The highest BCUT2D eigenvalue weighted by molar-refractivity contribution is 5.65. The first-order valence-electron chi connectivity index (χ1n) is 9.23. The van der Waals surface area contributed by atoms with Crippen LogP contribution in [0.5, 0.6) is 0 Å². The Kier molecular flexibility index (Phi) is 5.43. The first-order chi connectivity index (χ1) is 14.1. The molecule has 1 unspecified atom stereocenters. The number of anilines is 2. The van der Waals surface area contributed by atoms with Crippen LogP contribution in [0.3, 0.4) is 0 Å². The number of halogens is 1. The van der Waals surface area contributed by atoms with Crippen LogP contribution in [0.2, 0.25) is 0 Å². The van der Waals surface area contributed by atoms with E-state index in [1.165, 1.54) is 0 Å². The van der Waals surface area contributed by atoms with E-state index in [-0.39, 0.29) is 12.7 Å². The van der Waals surface area contributed by atoms with Crippen LogP contribution < -0.4 is 5.32 Å². The molecule has 1 atom stereocenters. The summed E-state index contributed by atoms with van der Waals surface area (Å²) in [5.74, 6) is 2.04. The molecule has 0 spiro atoms. The lowest BCUT2D eigenvalue weighted by molar-refractivity contribution is 0.0553. The number of nitrogens with one attached hydrogen (secondary N) is 1. The predicted molar refractivity (Wildman–Crippen MR) is 106 cm³/mol. The van der Waals surface area contributed by atoms with Crippen LogP contribution in [-0.4, -0.2) is 53.7 Å². The van der Waals surface area contributed by atoms with Crippen molar-refractivity contribution in [3.05, 3.63) is 48.7 Å². The van der Waals surface area contributed by atoms with Gasteiger partial charge in [-0.1, -0.05) is 0 Å². The summed E-state index contributed by atoms with van der Waals surface area (Å²) in [6, 6.07) is 7.55. The zero-order valence-electron chi connectivity index (χ0n) is 16.2. The lowest BCUT2D eigenvalue weighted by atomic mass is 10.2. The standard InChI is InChI=1S/C19H21FN8O/c1-13(29-10-6-20)11-17-25-26-18-12-14(5-9-28(17)18)15-3-7-21-19(23-15)24-16-4-8-22-27(16)2/h3-5,7-9,12-13H,6,10-11H2,1-2H3,(H,21,23,24). The topological polar surface area (TPSA) is 95.1 Å². The maximum Gasteiger partial charge on any atom is 0.228 e.